The van der Waals surface area contributed by atoms with Gasteiger partial charge in [-0.25, -0.2) is 0 Å². The van der Waals surface area contributed by atoms with E-state index < -0.39 is 0 Å². The number of benzene rings is 1. The van der Waals surface area contributed by atoms with Crippen LogP contribution in [0, 0.1) is 6.92 Å². The predicted molar refractivity (Wildman–Crippen MR) is 60.4 cm³/mol. The summed E-state index contributed by atoms with van der Waals surface area (Å²) < 4.78 is 10.6. The summed E-state index contributed by atoms with van der Waals surface area (Å²) in [6, 6.07) is 7.65. The zero-order valence-electron chi connectivity index (χ0n) is 9.44. The van der Waals surface area contributed by atoms with E-state index in [2.05, 4.69) is 0 Å². The fraction of sp³-hybridized carbons (Fsp3) is 0.462. The van der Waals surface area contributed by atoms with Crippen LogP contribution in [0.5, 0.6) is 0 Å². The number of hydrogen-bond acceptors (Lipinski definition) is 3. The van der Waals surface area contributed by atoms with Crippen molar-refractivity contribution >= 4 is 5.78 Å². The van der Waals surface area contributed by atoms with Gasteiger partial charge in [-0.1, -0.05) is 24.3 Å². The second kappa shape index (κ2) is 5.23. The average Bonchev–Trinajstić information content (AvgIpc) is 2.79. The molecule has 0 N–H and O–H groups in total. The van der Waals surface area contributed by atoms with Gasteiger partial charge in [0.2, 0.25) is 0 Å². The van der Waals surface area contributed by atoms with E-state index in [9.17, 15) is 4.79 Å². The minimum absolute atomic E-state index is 0.164. The maximum atomic E-state index is 11.9. The molecular formula is C13H16O3. The second-order valence-electron chi connectivity index (χ2n) is 3.95. The Bertz CT molecular complexity index is 367. The van der Waals surface area contributed by atoms with Crippen molar-refractivity contribution in [1.29, 1.82) is 0 Å². The summed E-state index contributed by atoms with van der Waals surface area (Å²) in [5.74, 6) is 0.164. The molecule has 0 aromatic heterocycles. The monoisotopic (exact) mass is 220 g/mol. The third-order valence-electron chi connectivity index (χ3n) is 2.74. The van der Waals surface area contributed by atoms with Crippen LogP contribution >= 0.6 is 0 Å². The van der Waals surface area contributed by atoms with Crippen molar-refractivity contribution in [1.82, 2.24) is 0 Å². The van der Waals surface area contributed by atoms with Gasteiger partial charge in [0.1, 0.15) is 0 Å². The molecule has 1 saturated heterocycles. The molecule has 3 nitrogen and oxygen atoms in total. The third kappa shape index (κ3) is 2.68. The van der Waals surface area contributed by atoms with Crippen LogP contribution in [-0.2, 0) is 9.47 Å². The van der Waals surface area contributed by atoms with Crippen LogP contribution in [0.25, 0.3) is 0 Å². The van der Waals surface area contributed by atoms with E-state index in [0.29, 0.717) is 26.1 Å². The van der Waals surface area contributed by atoms with Crippen LogP contribution < -0.4 is 0 Å². The first kappa shape index (κ1) is 11.3. The highest BCUT2D eigenvalue weighted by molar-refractivity contribution is 5.97. The van der Waals surface area contributed by atoms with Crippen LogP contribution in [0.3, 0.4) is 0 Å². The molecule has 1 heterocycles. The van der Waals surface area contributed by atoms with Gasteiger partial charge in [-0.05, 0) is 12.5 Å². The van der Waals surface area contributed by atoms with Crippen LogP contribution in [0.1, 0.15) is 28.8 Å². The van der Waals surface area contributed by atoms with E-state index in [1.807, 2.05) is 31.2 Å². The van der Waals surface area contributed by atoms with E-state index in [1.165, 1.54) is 0 Å². The summed E-state index contributed by atoms with van der Waals surface area (Å²) in [5, 5.41) is 0. The summed E-state index contributed by atoms with van der Waals surface area (Å²) in [5.41, 5.74) is 1.83. The number of rotatable bonds is 4. The molecule has 0 atom stereocenters. The minimum Gasteiger partial charge on any atom is -0.350 e. The molecule has 3 heteroatoms. The number of aryl methyl sites for hydroxylation is 1. The van der Waals surface area contributed by atoms with Gasteiger partial charge in [0.25, 0.3) is 0 Å². The van der Waals surface area contributed by atoms with Gasteiger partial charge in [-0.15, -0.1) is 0 Å². The highest BCUT2D eigenvalue weighted by Crippen LogP contribution is 2.15. The largest absolute Gasteiger partial charge is 0.350 e. The van der Waals surface area contributed by atoms with Crippen molar-refractivity contribution in [2.45, 2.75) is 26.1 Å². The van der Waals surface area contributed by atoms with E-state index >= 15 is 0 Å². The van der Waals surface area contributed by atoms with Gasteiger partial charge in [0, 0.05) is 18.4 Å². The van der Waals surface area contributed by atoms with Crippen LogP contribution in [-0.4, -0.2) is 25.3 Å². The standard InChI is InChI=1S/C13H16O3/c1-10-4-2-3-5-11(10)12(14)6-7-13-15-8-9-16-13/h2-5,13H,6-9H2,1H3. The van der Waals surface area contributed by atoms with Crippen LogP contribution in [0.2, 0.25) is 0 Å². The maximum Gasteiger partial charge on any atom is 0.163 e. The number of ketones is 1. The first-order chi connectivity index (χ1) is 7.77. The molecule has 1 aliphatic heterocycles. The molecule has 2 rings (SSSR count). The maximum absolute atomic E-state index is 11.9. The molecule has 0 spiro atoms. The highest BCUT2D eigenvalue weighted by Gasteiger charge is 2.18. The zero-order chi connectivity index (χ0) is 11.4. The Hall–Kier alpha value is -1.19. The molecule has 1 aromatic carbocycles. The second-order valence-corrected chi connectivity index (χ2v) is 3.95. The summed E-state index contributed by atoms with van der Waals surface area (Å²) in [6.45, 7) is 3.24. The molecule has 0 radical (unpaired) electrons. The lowest BCUT2D eigenvalue weighted by Gasteiger charge is -2.08. The van der Waals surface area contributed by atoms with Crippen molar-refractivity contribution in [2.75, 3.05) is 13.2 Å². The molecule has 1 aromatic rings. The van der Waals surface area contributed by atoms with E-state index in [4.69, 9.17) is 9.47 Å². The Morgan fingerprint density at radius 1 is 1.31 bits per heavy atom. The summed E-state index contributed by atoms with van der Waals surface area (Å²) in [6.07, 6.45) is 0.941. The van der Waals surface area contributed by atoms with Crippen LogP contribution in [0.4, 0.5) is 0 Å². The Morgan fingerprint density at radius 2 is 2.00 bits per heavy atom. The Labute approximate surface area is 95.4 Å². The molecule has 1 aliphatic rings. The summed E-state index contributed by atoms with van der Waals surface area (Å²) in [7, 11) is 0. The minimum atomic E-state index is -0.187. The van der Waals surface area contributed by atoms with Crippen molar-refractivity contribution in [2.24, 2.45) is 0 Å². The van der Waals surface area contributed by atoms with Crippen molar-refractivity contribution < 1.29 is 14.3 Å². The van der Waals surface area contributed by atoms with Gasteiger partial charge >= 0.3 is 0 Å². The van der Waals surface area contributed by atoms with E-state index in [0.717, 1.165) is 11.1 Å². The molecule has 0 amide bonds. The van der Waals surface area contributed by atoms with Gasteiger partial charge in [-0.2, -0.15) is 0 Å². The Morgan fingerprint density at radius 3 is 2.69 bits per heavy atom. The van der Waals surface area contributed by atoms with Gasteiger partial charge in [0.05, 0.1) is 13.2 Å². The Balaban J connectivity index is 1.90. The molecule has 86 valence electrons. The molecule has 0 unspecified atom stereocenters. The molecule has 0 aliphatic carbocycles. The normalized spacial score (nSPS) is 16.6. The predicted octanol–water partition coefficient (Wildman–Crippen LogP) is 2.33. The lowest BCUT2D eigenvalue weighted by atomic mass is 10.0. The van der Waals surface area contributed by atoms with E-state index in [-0.39, 0.29) is 12.1 Å². The van der Waals surface area contributed by atoms with Crippen LogP contribution in [0.15, 0.2) is 24.3 Å². The quantitative estimate of drug-likeness (QED) is 0.730. The fourth-order valence-corrected chi connectivity index (χ4v) is 1.84. The van der Waals surface area contributed by atoms with Gasteiger partial charge < -0.3 is 9.47 Å². The first-order valence-electron chi connectivity index (χ1n) is 5.59. The van der Waals surface area contributed by atoms with Gasteiger partial charge in [0.15, 0.2) is 12.1 Å². The fourth-order valence-electron chi connectivity index (χ4n) is 1.84. The van der Waals surface area contributed by atoms with Crippen molar-refractivity contribution in [3.8, 4) is 0 Å². The molecule has 1 fully saturated rings. The van der Waals surface area contributed by atoms with Crippen molar-refractivity contribution in [3.05, 3.63) is 35.4 Å². The van der Waals surface area contributed by atoms with Gasteiger partial charge in [-0.3, -0.25) is 4.79 Å². The number of Topliss-reactive ketones (excluding diaryl/α,β-unsaturated/α-hetero) is 1. The highest BCUT2D eigenvalue weighted by atomic mass is 16.7. The molecule has 16 heavy (non-hydrogen) atoms. The topological polar surface area (TPSA) is 35.5 Å². The summed E-state index contributed by atoms with van der Waals surface area (Å²) in [4.78, 5) is 11.9. The smallest absolute Gasteiger partial charge is 0.163 e. The molecule has 0 bridgehead atoms. The Kier molecular flexibility index (Phi) is 3.70. The SMILES string of the molecule is Cc1ccccc1C(=O)CCC1OCCO1. The molecule has 0 saturated carbocycles. The molecular weight excluding hydrogens is 204 g/mol. The lowest BCUT2D eigenvalue weighted by molar-refractivity contribution is -0.0464. The third-order valence-corrected chi connectivity index (χ3v) is 2.74. The van der Waals surface area contributed by atoms with E-state index in [1.54, 1.807) is 0 Å². The number of carbonyl (C=O) groups is 1. The summed E-state index contributed by atoms with van der Waals surface area (Å²) >= 11 is 0. The van der Waals surface area contributed by atoms with Crippen molar-refractivity contribution in [3.63, 3.8) is 0 Å². The number of ether oxygens (including phenoxy) is 2. The zero-order valence-corrected chi connectivity index (χ0v) is 9.44. The number of carbonyl (C=O) groups excluding carboxylic acids is 1. The first-order valence-corrected chi connectivity index (χ1v) is 5.59. The lowest BCUT2D eigenvalue weighted by Crippen LogP contribution is -2.11. The number of hydrogen-bond donors (Lipinski definition) is 0. The average molecular weight is 220 g/mol.